The molecule has 2 atom stereocenters. The first-order valence-corrected chi connectivity index (χ1v) is 10.1. The molecule has 3 rings (SSSR count). The summed E-state index contributed by atoms with van der Waals surface area (Å²) in [6.45, 7) is 4.67. The lowest BCUT2D eigenvalue weighted by atomic mass is 10.1. The first-order valence-electron chi connectivity index (χ1n) is 10.1. The van der Waals surface area contributed by atoms with Crippen LogP contribution in [0.3, 0.4) is 0 Å². The highest BCUT2D eigenvalue weighted by molar-refractivity contribution is 5.97. The molecule has 156 valence electrons. The van der Waals surface area contributed by atoms with E-state index in [0.29, 0.717) is 12.2 Å². The lowest BCUT2D eigenvalue weighted by Gasteiger charge is -2.23. The fourth-order valence-corrected chi connectivity index (χ4v) is 3.37. The summed E-state index contributed by atoms with van der Waals surface area (Å²) in [6, 6.07) is 20.6. The Kier molecular flexibility index (Phi) is 7.03. The maximum absolute atomic E-state index is 12.8. The molecule has 0 spiro atoms. The lowest BCUT2D eigenvalue weighted by Crippen LogP contribution is -3.17. The molecule has 0 aromatic heterocycles. The molecule has 3 N–H and O–H groups in total. The number of amides is 2. The van der Waals surface area contributed by atoms with E-state index in [9.17, 15) is 9.59 Å². The summed E-state index contributed by atoms with van der Waals surface area (Å²) in [5.41, 5.74) is 1.45. The van der Waals surface area contributed by atoms with Gasteiger partial charge in [-0.05, 0) is 61.0 Å². The number of carbonyl (C=O) groups excluding carboxylic acids is 2. The van der Waals surface area contributed by atoms with Gasteiger partial charge in [-0.1, -0.05) is 30.3 Å². The maximum Gasteiger partial charge on any atom is 0.282 e. The van der Waals surface area contributed by atoms with Crippen molar-refractivity contribution in [1.29, 1.82) is 0 Å². The van der Waals surface area contributed by atoms with Crippen LogP contribution in [-0.2, 0) is 9.59 Å². The van der Waals surface area contributed by atoms with E-state index in [-0.39, 0.29) is 24.4 Å². The first-order chi connectivity index (χ1) is 14.5. The van der Waals surface area contributed by atoms with Gasteiger partial charge in [0, 0.05) is 11.4 Å². The Morgan fingerprint density at radius 3 is 2.27 bits per heavy atom. The normalized spacial score (nSPS) is 12.8. The van der Waals surface area contributed by atoms with Gasteiger partial charge in [0.15, 0.2) is 12.6 Å². The predicted octanol–water partition coefficient (Wildman–Crippen LogP) is 2.72. The molecule has 0 aliphatic carbocycles. The summed E-state index contributed by atoms with van der Waals surface area (Å²) in [5, 5.41) is 8.05. The third kappa shape index (κ3) is 5.36. The molecule has 0 aliphatic heterocycles. The van der Waals surface area contributed by atoms with Crippen LogP contribution < -0.4 is 20.3 Å². The molecule has 2 amide bonds. The number of ether oxygens (including phenoxy) is 1. The highest BCUT2D eigenvalue weighted by atomic mass is 16.5. The van der Waals surface area contributed by atoms with E-state index in [4.69, 9.17) is 4.74 Å². The molecule has 0 saturated carbocycles. The zero-order valence-corrected chi connectivity index (χ0v) is 17.6. The van der Waals surface area contributed by atoms with Crippen LogP contribution in [0.25, 0.3) is 10.8 Å². The van der Waals surface area contributed by atoms with Gasteiger partial charge in [0.1, 0.15) is 5.75 Å². The van der Waals surface area contributed by atoms with Crippen molar-refractivity contribution in [3.63, 3.8) is 0 Å². The van der Waals surface area contributed by atoms with Crippen LogP contribution in [0.15, 0.2) is 66.7 Å². The van der Waals surface area contributed by atoms with E-state index >= 15 is 0 Å². The summed E-state index contributed by atoms with van der Waals surface area (Å²) < 4.78 is 5.13. The fraction of sp³-hybridized carbons (Fsp3) is 0.250. The summed E-state index contributed by atoms with van der Waals surface area (Å²) in [4.78, 5) is 26.1. The second-order valence-corrected chi connectivity index (χ2v) is 7.24. The summed E-state index contributed by atoms with van der Waals surface area (Å²) >= 11 is 0. The molecule has 3 aromatic carbocycles. The number of nitrogens with one attached hydrogen (secondary N) is 3. The zero-order chi connectivity index (χ0) is 21.5. The molecule has 3 aromatic rings. The Morgan fingerprint density at radius 1 is 0.933 bits per heavy atom. The standard InChI is InChI=1S/C24H27N3O3/c1-4-27(16-23(28)25-20-11-13-22(30-3)14-12-20)17(2)24(29)26-21-10-9-18-7-5-6-8-19(18)15-21/h5-15,17H,4,16H2,1-3H3,(H,25,28)(H,26,29)/p+1/t17-/m0/s1. The molecule has 6 heteroatoms. The van der Waals surface area contributed by atoms with E-state index in [2.05, 4.69) is 10.6 Å². The number of benzene rings is 3. The van der Waals surface area contributed by atoms with Crippen molar-refractivity contribution < 1.29 is 19.2 Å². The number of hydrogen-bond acceptors (Lipinski definition) is 3. The Morgan fingerprint density at radius 2 is 1.60 bits per heavy atom. The Labute approximate surface area is 176 Å². The topological polar surface area (TPSA) is 71.9 Å². The van der Waals surface area contributed by atoms with Gasteiger partial charge in [-0.15, -0.1) is 0 Å². The van der Waals surface area contributed by atoms with Gasteiger partial charge in [-0.2, -0.15) is 0 Å². The molecule has 0 saturated heterocycles. The Balaban J connectivity index is 1.59. The minimum absolute atomic E-state index is 0.112. The van der Waals surface area contributed by atoms with E-state index in [1.807, 2.05) is 56.3 Å². The van der Waals surface area contributed by atoms with Crippen molar-refractivity contribution >= 4 is 34.0 Å². The number of anilines is 2. The number of likely N-dealkylation sites (N-methyl/N-ethyl adjacent to an activating group) is 1. The minimum Gasteiger partial charge on any atom is -0.497 e. The van der Waals surface area contributed by atoms with Crippen LogP contribution in [0.5, 0.6) is 5.75 Å². The van der Waals surface area contributed by atoms with Gasteiger partial charge in [0.05, 0.1) is 13.7 Å². The molecule has 0 fully saturated rings. The number of hydrogen-bond donors (Lipinski definition) is 3. The molecule has 1 unspecified atom stereocenters. The van der Waals surface area contributed by atoms with Crippen molar-refractivity contribution in [3.8, 4) is 5.75 Å². The van der Waals surface area contributed by atoms with Gasteiger partial charge >= 0.3 is 0 Å². The van der Waals surface area contributed by atoms with E-state index < -0.39 is 0 Å². The average molecular weight is 407 g/mol. The van der Waals surface area contributed by atoms with Gasteiger partial charge < -0.3 is 20.3 Å². The third-order valence-corrected chi connectivity index (χ3v) is 5.24. The molecule has 30 heavy (non-hydrogen) atoms. The van der Waals surface area contributed by atoms with Crippen molar-refractivity contribution in [2.75, 3.05) is 30.8 Å². The Bertz CT molecular complexity index is 1020. The number of fused-ring (bicyclic) bond motifs is 1. The number of quaternary nitrogens is 1. The van der Waals surface area contributed by atoms with Gasteiger partial charge in [-0.25, -0.2) is 0 Å². The fourth-order valence-electron chi connectivity index (χ4n) is 3.37. The van der Waals surface area contributed by atoms with E-state index in [0.717, 1.165) is 27.1 Å². The number of carbonyl (C=O) groups is 2. The molecule has 0 heterocycles. The van der Waals surface area contributed by atoms with Crippen molar-refractivity contribution in [1.82, 2.24) is 0 Å². The monoisotopic (exact) mass is 406 g/mol. The summed E-state index contributed by atoms with van der Waals surface area (Å²) in [5.74, 6) is 0.481. The smallest absolute Gasteiger partial charge is 0.282 e. The van der Waals surface area contributed by atoms with Crippen molar-refractivity contribution in [2.45, 2.75) is 19.9 Å². The SMILES string of the molecule is CC[NH+](CC(=O)Nc1ccc(OC)cc1)[C@@H](C)C(=O)Nc1ccc2ccccc2c1. The highest BCUT2D eigenvalue weighted by Gasteiger charge is 2.26. The lowest BCUT2D eigenvalue weighted by molar-refractivity contribution is -0.904. The van der Waals surface area contributed by atoms with Crippen LogP contribution in [0.1, 0.15) is 13.8 Å². The first kappa shape index (κ1) is 21.3. The van der Waals surface area contributed by atoms with Crippen LogP contribution in [-0.4, -0.2) is 38.1 Å². The molecular formula is C24H28N3O3+. The van der Waals surface area contributed by atoms with Crippen LogP contribution in [0.4, 0.5) is 11.4 Å². The number of methoxy groups -OCH3 is 1. The second-order valence-electron chi connectivity index (χ2n) is 7.24. The highest BCUT2D eigenvalue weighted by Crippen LogP contribution is 2.19. The third-order valence-electron chi connectivity index (χ3n) is 5.24. The molecule has 0 radical (unpaired) electrons. The van der Waals surface area contributed by atoms with Crippen molar-refractivity contribution in [3.05, 3.63) is 66.7 Å². The van der Waals surface area contributed by atoms with Crippen molar-refractivity contribution in [2.24, 2.45) is 0 Å². The van der Waals surface area contributed by atoms with Crippen LogP contribution in [0, 0.1) is 0 Å². The Hall–Kier alpha value is -3.38. The van der Waals surface area contributed by atoms with Gasteiger partial charge in [0.25, 0.3) is 11.8 Å². The van der Waals surface area contributed by atoms with Crippen LogP contribution >= 0.6 is 0 Å². The molecule has 6 nitrogen and oxygen atoms in total. The number of rotatable bonds is 8. The molecule has 0 aliphatic rings. The predicted molar refractivity (Wildman–Crippen MR) is 120 cm³/mol. The largest absolute Gasteiger partial charge is 0.497 e. The maximum atomic E-state index is 12.8. The summed E-state index contributed by atoms with van der Waals surface area (Å²) in [7, 11) is 1.60. The zero-order valence-electron chi connectivity index (χ0n) is 17.6. The minimum atomic E-state index is -0.372. The quantitative estimate of drug-likeness (QED) is 0.539. The van der Waals surface area contributed by atoms with Crippen LogP contribution in [0.2, 0.25) is 0 Å². The van der Waals surface area contributed by atoms with E-state index in [1.165, 1.54) is 0 Å². The van der Waals surface area contributed by atoms with E-state index in [1.54, 1.807) is 31.4 Å². The van der Waals surface area contributed by atoms with Gasteiger partial charge in [-0.3, -0.25) is 9.59 Å². The average Bonchev–Trinajstić information content (AvgIpc) is 2.77. The molecule has 0 bridgehead atoms. The summed E-state index contributed by atoms with van der Waals surface area (Å²) in [6.07, 6.45) is 0. The van der Waals surface area contributed by atoms with Gasteiger partial charge in [0.2, 0.25) is 0 Å². The second kappa shape index (κ2) is 9.89. The molecular weight excluding hydrogens is 378 g/mol.